The summed E-state index contributed by atoms with van der Waals surface area (Å²) in [6, 6.07) is 22.2. The maximum absolute atomic E-state index is 2.33. The van der Waals surface area contributed by atoms with E-state index in [-0.39, 0.29) is 0 Å². The van der Waals surface area contributed by atoms with Gasteiger partial charge in [-0.25, -0.2) is 0 Å². The van der Waals surface area contributed by atoms with Crippen molar-refractivity contribution < 1.29 is 0 Å². The van der Waals surface area contributed by atoms with Crippen LogP contribution in [0.15, 0.2) is 60.7 Å². The van der Waals surface area contributed by atoms with Crippen LogP contribution in [0.1, 0.15) is 82.8 Å². The van der Waals surface area contributed by atoms with Crippen molar-refractivity contribution in [3.63, 3.8) is 0 Å². The van der Waals surface area contributed by atoms with E-state index < -0.39 is 0 Å². The number of benzene rings is 2. The standard InChI is InChI=1S/C26H37/c1-3-5-7-14-20-26(24-18-12-9-13-19-24)25(17-6-4-2)22-21-23-15-10-8-11-16-23/h8-13,15-16,18-19,25H,3-7,14,17,20-22H2,1-2H3. The topological polar surface area (TPSA) is 0 Å². The van der Waals surface area contributed by atoms with Crippen LogP contribution in [0.25, 0.3) is 0 Å². The molecule has 1 unspecified atom stereocenters. The van der Waals surface area contributed by atoms with Gasteiger partial charge in [0.1, 0.15) is 0 Å². The predicted octanol–water partition coefficient (Wildman–Crippen LogP) is 8.02. The van der Waals surface area contributed by atoms with Gasteiger partial charge < -0.3 is 0 Å². The third-order valence-corrected chi connectivity index (χ3v) is 5.47. The molecule has 0 aliphatic carbocycles. The molecule has 2 aromatic rings. The molecule has 0 aliphatic rings. The van der Waals surface area contributed by atoms with E-state index in [0.717, 1.165) is 5.92 Å². The number of hydrogen-bond acceptors (Lipinski definition) is 0. The highest BCUT2D eigenvalue weighted by Crippen LogP contribution is 2.35. The maximum atomic E-state index is 2.33. The molecule has 0 nitrogen and oxygen atoms in total. The lowest BCUT2D eigenvalue weighted by Crippen LogP contribution is -2.16. The minimum atomic E-state index is 0.721. The molecular formula is C26H37. The lowest BCUT2D eigenvalue weighted by Gasteiger charge is -2.28. The minimum absolute atomic E-state index is 0.721. The summed E-state index contributed by atoms with van der Waals surface area (Å²) in [4.78, 5) is 0. The third-order valence-electron chi connectivity index (χ3n) is 5.47. The van der Waals surface area contributed by atoms with Gasteiger partial charge in [-0.05, 0) is 42.7 Å². The van der Waals surface area contributed by atoms with Gasteiger partial charge in [0.25, 0.3) is 0 Å². The van der Waals surface area contributed by atoms with E-state index in [1.807, 2.05) is 0 Å². The average molecular weight is 350 g/mol. The number of unbranched alkanes of at least 4 members (excludes halogenated alkanes) is 4. The second-order valence-electron chi connectivity index (χ2n) is 7.57. The van der Waals surface area contributed by atoms with Gasteiger partial charge in [-0.2, -0.15) is 0 Å². The van der Waals surface area contributed by atoms with Crippen LogP contribution in [0.5, 0.6) is 0 Å². The summed E-state index contributed by atoms with van der Waals surface area (Å²) in [5, 5.41) is 0. The summed E-state index contributed by atoms with van der Waals surface area (Å²) in [6.07, 6.45) is 13.1. The van der Waals surface area contributed by atoms with Gasteiger partial charge >= 0.3 is 0 Å². The summed E-state index contributed by atoms with van der Waals surface area (Å²) < 4.78 is 0. The van der Waals surface area contributed by atoms with E-state index in [9.17, 15) is 0 Å². The summed E-state index contributed by atoms with van der Waals surface area (Å²) in [6.45, 7) is 4.61. The van der Waals surface area contributed by atoms with Crippen molar-refractivity contribution in [2.45, 2.75) is 78.1 Å². The van der Waals surface area contributed by atoms with Crippen LogP contribution in [-0.4, -0.2) is 0 Å². The molecule has 0 heteroatoms. The van der Waals surface area contributed by atoms with Crippen LogP contribution in [0.4, 0.5) is 0 Å². The van der Waals surface area contributed by atoms with Crippen molar-refractivity contribution in [1.29, 1.82) is 0 Å². The Morgan fingerprint density at radius 2 is 1.35 bits per heavy atom. The monoisotopic (exact) mass is 349 g/mol. The Kier molecular flexibility index (Phi) is 10.2. The molecule has 26 heavy (non-hydrogen) atoms. The smallest absolute Gasteiger partial charge is 0.00807 e. The van der Waals surface area contributed by atoms with E-state index in [0.29, 0.717) is 0 Å². The Morgan fingerprint density at radius 3 is 2.00 bits per heavy atom. The lowest BCUT2D eigenvalue weighted by atomic mass is 9.77. The molecule has 2 aromatic carbocycles. The van der Waals surface area contributed by atoms with Gasteiger partial charge in [-0.15, -0.1) is 0 Å². The molecule has 0 N–H and O–H groups in total. The highest BCUT2D eigenvalue weighted by molar-refractivity contribution is 5.32. The zero-order chi connectivity index (χ0) is 18.5. The molecular weight excluding hydrogens is 312 g/mol. The fourth-order valence-corrected chi connectivity index (χ4v) is 3.91. The Labute approximate surface area is 162 Å². The molecule has 0 aliphatic heterocycles. The maximum Gasteiger partial charge on any atom is 0.00807 e. The molecule has 0 saturated heterocycles. The quantitative estimate of drug-likeness (QED) is 0.321. The molecule has 0 spiro atoms. The minimum Gasteiger partial charge on any atom is -0.0654 e. The van der Waals surface area contributed by atoms with Gasteiger partial charge in [-0.3, -0.25) is 0 Å². The lowest BCUT2D eigenvalue weighted by molar-refractivity contribution is 0.432. The normalized spacial score (nSPS) is 12.4. The highest BCUT2D eigenvalue weighted by Gasteiger charge is 2.23. The van der Waals surface area contributed by atoms with Crippen molar-refractivity contribution in [2.75, 3.05) is 0 Å². The molecule has 2 rings (SSSR count). The predicted molar refractivity (Wildman–Crippen MR) is 115 cm³/mol. The van der Waals surface area contributed by atoms with Crippen LogP contribution in [0, 0.1) is 11.8 Å². The molecule has 0 amide bonds. The first-order valence-electron chi connectivity index (χ1n) is 10.8. The van der Waals surface area contributed by atoms with E-state index in [2.05, 4.69) is 74.5 Å². The van der Waals surface area contributed by atoms with E-state index in [1.54, 1.807) is 5.92 Å². The molecule has 1 atom stereocenters. The summed E-state index contributed by atoms with van der Waals surface area (Å²) >= 11 is 0. The fourth-order valence-electron chi connectivity index (χ4n) is 3.91. The van der Waals surface area contributed by atoms with Gasteiger partial charge in [0, 0.05) is 5.92 Å². The Bertz CT molecular complexity index is 557. The fraction of sp³-hybridized carbons (Fsp3) is 0.500. The molecule has 1 radical (unpaired) electrons. The molecule has 0 aromatic heterocycles. The van der Waals surface area contributed by atoms with E-state index >= 15 is 0 Å². The third kappa shape index (κ3) is 7.36. The molecule has 0 saturated carbocycles. The summed E-state index contributed by atoms with van der Waals surface area (Å²) in [7, 11) is 0. The van der Waals surface area contributed by atoms with Gasteiger partial charge in [0.05, 0.1) is 0 Å². The van der Waals surface area contributed by atoms with Crippen LogP contribution in [0.3, 0.4) is 0 Å². The average Bonchev–Trinajstić information content (AvgIpc) is 2.70. The first-order chi connectivity index (χ1) is 12.8. The van der Waals surface area contributed by atoms with Crippen LogP contribution in [-0.2, 0) is 6.42 Å². The largest absolute Gasteiger partial charge is 0.0654 e. The summed E-state index contributed by atoms with van der Waals surface area (Å²) in [5.41, 5.74) is 2.96. The zero-order valence-electron chi connectivity index (χ0n) is 16.9. The van der Waals surface area contributed by atoms with Crippen molar-refractivity contribution >= 4 is 0 Å². The zero-order valence-corrected chi connectivity index (χ0v) is 16.9. The molecule has 0 bridgehead atoms. The van der Waals surface area contributed by atoms with Gasteiger partial charge in [0.2, 0.25) is 0 Å². The molecule has 141 valence electrons. The van der Waals surface area contributed by atoms with Crippen molar-refractivity contribution in [2.24, 2.45) is 5.92 Å². The molecule has 0 heterocycles. The summed E-state index contributed by atoms with van der Waals surface area (Å²) in [5.74, 6) is 2.44. The Hall–Kier alpha value is -1.56. The SMILES string of the molecule is CCCCCC[C](c1ccccc1)C(CCCC)CCc1ccccc1. The number of aryl methyl sites for hydroxylation is 1. The van der Waals surface area contributed by atoms with Crippen molar-refractivity contribution in [1.82, 2.24) is 0 Å². The van der Waals surface area contributed by atoms with Crippen molar-refractivity contribution in [3.8, 4) is 0 Å². The second-order valence-corrected chi connectivity index (χ2v) is 7.57. The Morgan fingerprint density at radius 1 is 0.692 bits per heavy atom. The van der Waals surface area contributed by atoms with E-state index in [4.69, 9.17) is 0 Å². The number of hydrogen-bond donors (Lipinski definition) is 0. The van der Waals surface area contributed by atoms with Gasteiger partial charge in [0.15, 0.2) is 0 Å². The van der Waals surface area contributed by atoms with Crippen LogP contribution >= 0.6 is 0 Å². The van der Waals surface area contributed by atoms with Crippen LogP contribution < -0.4 is 0 Å². The number of rotatable bonds is 13. The second kappa shape index (κ2) is 12.7. The van der Waals surface area contributed by atoms with E-state index in [1.165, 1.54) is 75.3 Å². The van der Waals surface area contributed by atoms with Gasteiger partial charge in [-0.1, -0.05) is 113 Å². The molecule has 0 fully saturated rings. The Balaban J connectivity index is 2.08. The van der Waals surface area contributed by atoms with Crippen LogP contribution in [0.2, 0.25) is 0 Å². The first-order valence-corrected chi connectivity index (χ1v) is 10.8. The first kappa shape index (κ1) is 20.7. The van der Waals surface area contributed by atoms with Crippen molar-refractivity contribution in [3.05, 3.63) is 77.7 Å². The highest BCUT2D eigenvalue weighted by atomic mass is 14.3.